The number of aromatic nitrogens is 2. The Kier molecular flexibility index (Phi) is 4.29. The molecule has 0 spiro atoms. The van der Waals surface area contributed by atoms with Gasteiger partial charge in [0.05, 0.1) is 17.9 Å². The van der Waals surface area contributed by atoms with Crippen LogP contribution in [-0.4, -0.2) is 27.8 Å². The van der Waals surface area contributed by atoms with Crippen LogP contribution in [0.1, 0.15) is 58.4 Å². The van der Waals surface area contributed by atoms with E-state index < -0.39 is 0 Å². The molecule has 21 heavy (non-hydrogen) atoms. The molecule has 1 aromatic heterocycles. The number of nitrogens with one attached hydrogen (secondary N) is 2. The van der Waals surface area contributed by atoms with E-state index >= 15 is 0 Å². The molecule has 1 aromatic rings. The number of nitrogens with zero attached hydrogens (tertiary/aromatic N) is 2. The maximum Gasteiger partial charge on any atom is 0.241 e. The summed E-state index contributed by atoms with van der Waals surface area (Å²) in [6.07, 6.45) is 11.0. The molecule has 1 amide bonds. The van der Waals surface area contributed by atoms with E-state index in [1.807, 2.05) is 10.9 Å². The lowest BCUT2D eigenvalue weighted by molar-refractivity contribution is -0.119. The van der Waals surface area contributed by atoms with E-state index in [-0.39, 0.29) is 11.9 Å². The molecule has 0 aromatic carbocycles. The van der Waals surface area contributed by atoms with Crippen molar-refractivity contribution in [3.63, 3.8) is 0 Å². The lowest BCUT2D eigenvalue weighted by atomic mass is 9.77. The van der Waals surface area contributed by atoms with E-state index in [1.165, 1.54) is 32.1 Å². The Balaban J connectivity index is 1.57. The summed E-state index contributed by atoms with van der Waals surface area (Å²) in [7, 11) is 0. The molecular formula is C16H26N4O. The van der Waals surface area contributed by atoms with Gasteiger partial charge < -0.3 is 10.6 Å². The van der Waals surface area contributed by atoms with E-state index in [9.17, 15) is 4.79 Å². The van der Waals surface area contributed by atoms with Gasteiger partial charge in [-0.05, 0) is 45.4 Å². The fraction of sp³-hybridized carbons (Fsp3) is 0.750. The van der Waals surface area contributed by atoms with Crippen LogP contribution in [0.5, 0.6) is 0 Å². The predicted molar refractivity (Wildman–Crippen MR) is 83.1 cm³/mol. The molecule has 2 N–H and O–H groups in total. The van der Waals surface area contributed by atoms with Crippen molar-refractivity contribution in [2.75, 3.05) is 5.32 Å². The van der Waals surface area contributed by atoms with Gasteiger partial charge in [-0.1, -0.05) is 12.8 Å². The number of hydrogen-bond donors (Lipinski definition) is 2. The van der Waals surface area contributed by atoms with Gasteiger partial charge in [-0.3, -0.25) is 9.48 Å². The summed E-state index contributed by atoms with van der Waals surface area (Å²) in [6.45, 7) is 4.15. The zero-order valence-electron chi connectivity index (χ0n) is 13.0. The van der Waals surface area contributed by atoms with Crippen LogP contribution in [0.25, 0.3) is 0 Å². The van der Waals surface area contributed by atoms with Gasteiger partial charge in [-0.2, -0.15) is 5.10 Å². The highest BCUT2D eigenvalue weighted by Gasteiger charge is 2.34. The predicted octanol–water partition coefficient (Wildman–Crippen LogP) is 2.71. The summed E-state index contributed by atoms with van der Waals surface area (Å²) in [5, 5.41) is 10.8. The van der Waals surface area contributed by atoms with Gasteiger partial charge in [0.25, 0.3) is 0 Å². The van der Waals surface area contributed by atoms with Crippen molar-refractivity contribution < 1.29 is 4.79 Å². The van der Waals surface area contributed by atoms with Gasteiger partial charge in [-0.25, -0.2) is 0 Å². The monoisotopic (exact) mass is 290 g/mol. The zero-order valence-corrected chi connectivity index (χ0v) is 13.0. The number of carbonyl (C=O) groups excluding carboxylic acids is 1. The lowest BCUT2D eigenvalue weighted by Gasteiger charge is -2.39. The molecule has 1 saturated carbocycles. The Morgan fingerprint density at radius 3 is 2.90 bits per heavy atom. The number of piperidine rings is 1. The summed E-state index contributed by atoms with van der Waals surface area (Å²) >= 11 is 0. The summed E-state index contributed by atoms with van der Waals surface area (Å²) in [5.41, 5.74) is 0.793. The first-order valence-electron chi connectivity index (χ1n) is 8.24. The van der Waals surface area contributed by atoms with Crippen molar-refractivity contribution in [1.82, 2.24) is 15.1 Å². The minimum atomic E-state index is -0.0493. The second-order valence-corrected chi connectivity index (χ2v) is 6.74. The molecule has 3 unspecified atom stereocenters. The summed E-state index contributed by atoms with van der Waals surface area (Å²) in [4.78, 5) is 12.4. The molecule has 3 atom stereocenters. The van der Waals surface area contributed by atoms with Gasteiger partial charge in [-0.15, -0.1) is 0 Å². The second kappa shape index (κ2) is 6.18. The number of amides is 1. The van der Waals surface area contributed by atoms with Crippen LogP contribution < -0.4 is 10.6 Å². The van der Waals surface area contributed by atoms with Crippen LogP contribution in [0, 0.1) is 5.92 Å². The van der Waals surface area contributed by atoms with Gasteiger partial charge in [0.2, 0.25) is 5.91 Å². The molecular weight excluding hydrogens is 264 g/mol. The van der Waals surface area contributed by atoms with Crippen molar-refractivity contribution in [2.24, 2.45) is 5.92 Å². The van der Waals surface area contributed by atoms with Crippen molar-refractivity contribution >= 4 is 11.6 Å². The molecule has 0 bridgehead atoms. The van der Waals surface area contributed by atoms with Crippen LogP contribution in [0.15, 0.2) is 12.4 Å². The molecule has 1 aliphatic heterocycles. The molecule has 5 nitrogen and oxygen atoms in total. The Labute approximate surface area is 126 Å². The maximum atomic E-state index is 12.4. The van der Waals surface area contributed by atoms with Crippen molar-refractivity contribution in [2.45, 2.75) is 70.5 Å². The number of hydrogen-bond acceptors (Lipinski definition) is 3. The Morgan fingerprint density at radius 2 is 2.14 bits per heavy atom. The Morgan fingerprint density at radius 1 is 1.33 bits per heavy atom. The largest absolute Gasteiger partial charge is 0.322 e. The summed E-state index contributed by atoms with van der Waals surface area (Å²) in [6, 6.07) is 0.805. The quantitative estimate of drug-likeness (QED) is 0.900. The van der Waals surface area contributed by atoms with Crippen LogP contribution in [-0.2, 0) is 4.79 Å². The highest BCUT2D eigenvalue weighted by molar-refractivity contribution is 5.94. The number of fused-ring (bicyclic) bond motifs is 1. The third-order valence-electron chi connectivity index (χ3n) is 4.87. The normalized spacial score (nSPS) is 29.2. The minimum Gasteiger partial charge on any atom is -0.322 e. The molecule has 116 valence electrons. The molecule has 3 rings (SSSR count). The molecule has 5 heteroatoms. The summed E-state index contributed by atoms with van der Waals surface area (Å²) in [5.74, 6) is 0.869. The van der Waals surface area contributed by atoms with E-state index in [4.69, 9.17) is 0 Å². The van der Waals surface area contributed by atoms with Gasteiger partial charge in [0.15, 0.2) is 0 Å². The third-order valence-corrected chi connectivity index (χ3v) is 4.87. The lowest BCUT2D eigenvalue weighted by Crippen LogP contribution is -2.53. The molecule has 1 saturated heterocycles. The molecule has 0 radical (unpaired) electrons. The van der Waals surface area contributed by atoms with E-state index in [2.05, 4.69) is 29.6 Å². The van der Waals surface area contributed by atoms with E-state index in [0.717, 1.165) is 18.0 Å². The first kappa shape index (κ1) is 14.6. The topological polar surface area (TPSA) is 59.0 Å². The highest BCUT2D eigenvalue weighted by Crippen LogP contribution is 2.32. The minimum absolute atomic E-state index is 0.0493. The first-order valence-corrected chi connectivity index (χ1v) is 8.24. The van der Waals surface area contributed by atoms with Crippen molar-refractivity contribution in [1.29, 1.82) is 0 Å². The van der Waals surface area contributed by atoms with Gasteiger partial charge in [0.1, 0.15) is 0 Å². The van der Waals surface area contributed by atoms with Crippen LogP contribution in [0.2, 0.25) is 0 Å². The molecule has 2 fully saturated rings. The fourth-order valence-corrected chi connectivity index (χ4v) is 3.62. The number of anilines is 1. The standard InChI is InChI=1S/C16H26N4O/c1-11(2)20-10-13(9-17-20)18-16(21)15-8-7-12-5-3-4-6-14(12)19-15/h9-12,14-15,19H,3-8H2,1-2H3,(H,18,21). The van der Waals surface area contributed by atoms with Crippen LogP contribution in [0.4, 0.5) is 5.69 Å². The van der Waals surface area contributed by atoms with Crippen LogP contribution >= 0.6 is 0 Å². The first-order chi connectivity index (χ1) is 10.1. The fourth-order valence-electron chi connectivity index (χ4n) is 3.62. The highest BCUT2D eigenvalue weighted by atomic mass is 16.2. The van der Waals surface area contributed by atoms with Crippen molar-refractivity contribution in [3.8, 4) is 0 Å². The second-order valence-electron chi connectivity index (χ2n) is 6.74. The SMILES string of the molecule is CC(C)n1cc(NC(=O)C2CCC3CCCCC3N2)cn1. The van der Waals surface area contributed by atoms with E-state index in [0.29, 0.717) is 12.1 Å². The van der Waals surface area contributed by atoms with Gasteiger partial charge >= 0.3 is 0 Å². The van der Waals surface area contributed by atoms with Gasteiger partial charge in [0, 0.05) is 18.3 Å². The van der Waals surface area contributed by atoms with E-state index in [1.54, 1.807) is 6.20 Å². The Hall–Kier alpha value is -1.36. The molecule has 2 aliphatic rings. The average Bonchev–Trinajstić information content (AvgIpc) is 2.95. The average molecular weight is 290 g/mol. The van der Waals surface area contributed by atoms with Crippen molar-refractivity contribution in [3.05, 3.63) is 12.4 Å². The van der Waals surface area contributed by atoms with Crippen LogP contribution in [0.3, 0.4) is 0 Å². The number of carbonyl (C=O) groups is 1. The number of rotatable bonds is 3. The summed E-state index contributed by atoms with van der Waals surface area (Å²) < 4.78 is 1.86. The third kappa shape index (κ3) is 3.28. The maximum absolute atomic E-state index is 12.4. The Bertz CT molecular complexity index is 496. The molecule has 2 heterocycles. The smallest absolute Gasteiger partial charge is 0.241 e. The molecule has 1 aliphatic carbocycles. The zero-order chi connectivity index (χ0) is 14.8.